The Balaban J connectivity index is 1.41. The lowest BCUT2D eigenvalue weighted by Gasteiger charge is -2.30. The molecule has 3 rings (SSSR count). The highest BCUT2D eigenvalue weighted by atomic mass is 16.5. The summed E-state index contributed by atoms with van der Waals surface area (Å²) in [7, 11) is 1.72. The molecular formula is C23H39N3O. The van der Waals surface area contributed by atoms with Gasteiger partial charge in [0.2, 0.25) is 0 Å². The molecule has 0 aromatic heterocycles. The average Bonchev–Trinajstić information content (AvgIpc) is 3.18. The monoisotopic (exact) mass is 373 g/mol. The van der Waals surface area contributed by atoms with Crippen molar-refractivity contribution in [3.63, 3.8) is 0 Å². The summed E-state index contributed by atoms with van der Waals surface area (Å²) in [5.74, 6) is 1.84. The van der Waals surface area contributed by atoms with Crippen molar-refractivity contribution in [3.05, 3.63) is 29.8 Å². The second-order valence-corrected chi connectivity index (χ2v) is 8.51. The third-order valence-corrected chi connectivity index (χ3v) is 6.62. The molecule has 0 radical (unpaired) electrons. The molecule has 0 bridgehead atoms. The van der Waals surface area contributed by atoms with E-state index in [1.807, 2.05) is 0 Å². The van der Waals surface area contributed by atoms with Crippen LogP contribution < -0.4 is 15.8 Å². The number of benzene rings is 1. The fourth-order valence-electron chi connectivity index (χ4n) is 4.88. The maximum Gasteiger partial charge on any atom is 0.118 e. The zero-order chi connectivity index (χ0) is 18.9. The lowest BCUT2D eigenvalue weighted by molar-refractivity contribution is 0.234. The van der Waals surface area contributed by atoms with E-state index < -0.39 is 0 Å². The van der Waals surface area contributed by atoms with Crippen molar-refractivity contribution in [2.45, 2.75) is 69.9 Å². The molecule has 2 aliphatic rings. The minimum absolute atomic E-state index is 0.497. The fraction of sp³-hybridized carbons (Fsp3) is 0.739. The van der Waals surface area contributed by atoms with Gasteiger partial charge in [0.15, 0.2) is 0 Å². The number of hydrogen-bond donors (Lipinski definition) is 2. The van der Waals surface area contributed by atoms with Crippen LogP contribution in [0.2, 0.25) is 0 Å². The van der Waals surface area contributed by atoms with Gasteiger partial charge < -0.3 is 15.8 Å². The van der Waals surface area contributed by atoms with E-state index in [0.717, 1.165) is 37.7 Å². The zero-order valence-corrected chi connectivity index (χ0v) is 17.2. The van der Waals surface area contributed by atoms with E-state index in [-0.39, 0.29) is 0 Å². The van der Waals surface area contributed by atoms with E-state index in [9.17, 15) is 0 Å². The Morgan fingerprint density at radius 2 is 1.89 bits per heavy atom. The van der Waals surface area contributed by atoms with Gasteiger partial charge in [-0.2, -0.15) is 0 Å². The van der Waals surface area contributed by atoms with E-state index >= 15 is 0 Å². The Morgan fingerprint density at radius 1 is 1.11 bits per heavy atom. The number of nitrogens with two attached hydrogens (primary N) is 1. The van der Waals surface area contributed by atoms with Gasteiger partial charge in [0.05, 0.1) is 7.11 Å². The van der Waals surface area contributed by atoms with Crippen LogP contribution in [0.3, 0.4) is 0 Å². The smallest absolute Gasteiger partial charge is 0.118 e. The number of ether oxygens (including phenoxy) is 1. The van der Waals surface area contributed by atoms with E-state index in [1.54, 1.807) is 7.11 Å². The molecular weight excluding hydrogens is 334 g/mol. The lowest BCUT2D eigenvalue weighted by atomic mass is 9.85. The molecule has 1 aliphatic heterocycles. The van der Waals surface area contributed by atoms with Crippen molar-refractivity contribution >= 4 is 0 Å². The number of likely N-dealkylation sites (tertiary alicyclic amines) is 1. The van der Waals surface area contributed by atoms with Gasteiger partial charge in [0, 0.05) is 31.7 Å². The Labute approximate surface area is 165 Å². The van der Waals surface area contributed by atoms with Gasteiger partial charge >= 0.3 is 0 Å². The van der Waals surface area contributed by atoms with Gasteiger partial charge in [-0.3, -0.25) is 4.90 Å². The van der Waals surface area contributed by atoms with Gasteiger partial charge in [-0.05, 0) is 55.8 Å². The molecule has 0 spiro atoms. The molecule has 0 unspecified atom stereocenters. The fourth-order valence-corrected chi connectivity index (χ4v) is 4.88. The third-order valence-electron chi connectivity index (χ3n) is 6.62. The van der Waals surface area contributed by atoms with E-state index in [2.05, 4.69) is 34.5 Å². The highest BCUT2D eigenvalue weighted by Gasteiger charge is 2.25. The number of hydrogen-bond acceptors (Lipinski definition) is 4. The summed E-state index contributed by atoms with van der Waals surface area (Å²) in [6.45, 7) is 4.25. The van der Waals surface area contributed by atoms with Crippen LogP contribution in [0.25, 0.3) is 0 Å². The van der Waals surface area contributed by atoms with Crippen LogP contribution in [-0.4, -0.2) is 50.3 Å². The molecule has 2 atom stereocenters. The summed E-state index contributed by atoms with van der Waals surface area (Å²) < 4.78 is 5.25. The van der Waals surface area contributed by atoms with Gasteiger partial charge in [0.25, 0.3) is 0 Å². The summed E-state index contributed by atoms with van der Waals surface area (Å²) in [6.07, 6.45) is 12.1. The summed E-state index contributed by atoms with van der Waals surface area (Å²) >= 11 is 0. The first-order chi connectivity index (χ1) is 13.3. The normalized spacial score (nSPS) is 22.8. The molecule has 2 fully saturated rings. The van der Waals surface area contributed by atoms with Crippen molar-refractivity contribution in [2.24, 2.45) is 11.7 Å². The zero-order valence-electron chi connectivity index (χ0n) is 17.2. The molecule has 1 heterocycles. The first-order valence-corrected chi connectivity index (χ1v) is 11.1. The first kappa shape index (κ1) is 20.6. The van der Waals surface area contributed by atoms with Crippen LogP contribution >= 0.6 is 0 Å². The first-order valence-electron chi connectivity index (χ1n) is 11.1. The summed E-state index contributed by atoms with van der Waals surface area (Å²) in [5, 5.41) is 3.82. The molecule has 1 aromatic carbocycles. The molecule has 4 nitrogen and oxygen atoms in total. The summed E-state index contributed by atoms with van der Waals surface area (Å²) in [5.41, 5.74) is 7.48. The van der Waals surface area contributed by atoms with Gasteiger partial charge in [0.1, 0.15) is 5.75 Å². The van der Waals surface area contributed by atoms with Crippen molar-refractivity contribution in [1.82, 2.24) is 10.2 Å². The number of rotatable bonds is 10. The Morgan fingerprint density at radius 3 is 2.59 bits per heavy atom. The topological polar surface area (TPSA) is 50.5 Å². The molecule has 0 amide bonds. The minimum Gasteiger partial charge on any atom is -0.497 e. The SMILES string of the molecule is COc1ccc(CCN2CCC[C@H]2CN[C@@H](CN)CC2CCCCC2)cc1. The lowest BCUT2D eigenvalue weighted by Crippen LogP contribution is -2.45. The molecule has 1 saturated heterocycles. The van der Waals surface area contributed by atoms with E-state index in [4.69, 9.17) is 10.5 Å². The highest BCUT2D eigenvalue weighted by Crippen LogP contribution is 2.27. The highest BCUT2D eigenvalue weighted by molar-refractivity contribution is 5.27. The van der Waals surface area contributed by atoms with Crippen molar-refractivity contribution in [1.29, 1.82) is 0 Å². The van der Waals surface area contributed by atoms with Crippen LogP contribution in [0.1, 0.15) is 56.9 Å². The Kier molecular flexibility index (Phi) is 8.43. The quantitative estimate of drug-likeness (QED) is 0.658. The van der Waals surface area contributed by atoms with Crippen LogP contribution in [-0.2, 0) is 6.42 Å². The second-order valence-electron chi connectivity index (χ2n) is 8.51. The second kappa shape index (κ2) is 11.0. The maximum atomic E-state index is 6.08. The van der Waals surface area contributed by atoms with Gasteiger partial charge in [-0.15, -0.1) is 0 Å². The van der Waals surface area contributed by atoms with E-state index in [1.165, 1.54) is 63.5 Å². The average molecular weight is 374 g/mol. The Bertz CT molecular complexity index is 527. The van der Waals surface area contributed by atoms with Crippen molar-refractivity contribution in [3.8, 4) is 5.75 Å². The van der Waals surface area contributed by atoms with Gasteiger partial charge in [-0.25, -0.2) is 0 Å². The van der Waals surface area contributed by atoms with Crippen LogP contribution in [0.4, 0.5) is 0 Å². The molecule has 27 heavy (non-hydrogen) atoms. The number of methoxy groups -OCH3 is 1. The van der Waals surface area contributed by atoms with Gasteiger partial charge in [-0.1, -0.05) is 44.2 Å². The molecule has 152 valence electrons. The largest absolute Gasteiger partial charge is 0.497 e. The predicted octanol–water partition coefficient (Wildman–Crippen LogP) is 3.59. The molecule has 3 N–H and O–H groups in total. The van der Waals surface area contributed by atoms with Crippen molar-refractivity contribution in [2.75, 3.05) is 33.3 Å². The third kappa shape index (κ3) is 6.48. The van der Waals surface area contributed by atoms with Crippen LogP contribution in [0.15, 0.2) is 24.3 Å². The van der Waals surface area contributed by atoms with Crippen LogP contribution in [0, 0.1) is 5.92 Å². The molecule has 1 aromatic rings. The summed E-state index contributed by atoms with van der Waals surface area (Å²) in [6, 6.07) is 9.68. The minimum atomic E-state index is 0.497. The molecule has 1 aliphatic carbocycles. The van der Waals surface area contributed by atoms with E-state index in [0.29, 0.717) is 12.1 Å². The molecule has 4 heteroatoms. The Hall–Kier alpha value is -1.10. The molecule has 1 saturated carbocycles. The number of nitrogens with one attached hydrogen (secondary N) is 1. The predicted molar refractivity (Wildman–Crippen MR) is 113 cm³/mol. The summed E-state index contributed by atoms with van der Waals surface area (Å²) in [4.78, 5) is 2.67. The van der Waals surface area contributed by atoms with Crippen molar-refractivity contribution < 1.29 is 4.74 Å². The standard InChI is InChI=1S/C23H39N3O/c1-27-23-11-9-19(10-12-23)13-15-26-14-5-8-22(26)18-25-21(17-24)16-20-6-3-2-4-7-20/h9-12,20-22,25H,2-8,13-18,24H2,1H3/t21-,22+/m1/s1. The maximum absolute atomic E-state index is 6.08. The van der Waals surface area contributed by atoms with Crippen LogP contribution in [0.5, 0.6) is 5.75 Å². The number of nitrogens with zero attached hydrogens (tertiary/aromatic N) is 1.